The molecule has 0 unspecified atom stereocenters. The summed E-state index contributed by atoms with van der Waals surface area (Å²) >= 11 is 12.1. The Bertz CT molecular complexity index is 383. The van der Waals surface area contributed by atoms with E-state index in [0.29, 0.717) is 16.6 Å². The Balaban J connectivity index is 2.41. The lowest BCUT2D eigenvalue weighted by Gasteiger charge is -2.17. The van der Waals surface area contributed by atoms with Gasteiger partial charge in [0.25, 0.3) is 0 Å². The minimum absolute atomic E-state index is 0.153. The summed E-state index contributed by atoms with van der Waals surface area (Å²) in [6, 6.07) is 5.57. The van der Waals surface area contributed by atoms with Gasteiger partial charge in [-0.15, -0.1) is 0 Å². The molecule has 1 saturated carbocycles. The van der Waals surface area contributed by atoms with Gasteiger partial charge in [0, 0.05) is 18.6 Å². The zero-order chi connectivity index (χ0) is 11.1. The first kappa shape index (κ1) is 11.2. The highest BCUT2D eigenvalue weighted by atomic mass is 35.5. The third-order valence-corrected chi connectivity index (χ3v) is 4.12. The van der Waals surface area contributed by atoms with E-state index in [2.05, 4.69) is 0 Å². The third-order valence-electron chi connectivity index (χ3n) is 3.30. The number of nitrogens with two attached hydrogens (primary N) is 1. The number of halogens is 2. The molecule has 0 heterocycles. The fraction of sp³-hybridized carbons (Fsp3) is 0.455. The number of aliphatic hydroxyl groups excluding tert-OH is 1. The van der Waals surface area contributed by atoms with E-state index >= 15 is 0 Å². The van der Waals surface area contributed by atoms with Crippen molar-refractivity contribution in [1.82, 2.24) is 0 Å². The van der Waals surface area contributed by atoms with E-state index in [1.165, 1.54) is 0 Å². The molecule has 0 radical (unpaired) electrons. The van der Waals surface area contributed by atoms with Crippen LogP contribution in [-0.2, 0) is 5.41 Å². The van der Waals surface area contributed by atoms with Crippen LogP contribution >= 0.6 is 23.2 Å². The Labute approximate surface area is 99.0 Å². The SMILES string of the molecule is NC[C@]1(c2cccc(Cl)c2Cl)C[C@@H]1CO. The predicted molar refractivity (Wildman–Crippen MR) is 62.4 cm³/mol. The monoisotopic (exact) mass is 245 g/mol. The van der Waals surface area contributed by atoms with Gasteiger partial charge < -0.3 is 10.8 Å². The molecule has 0 spiro atoms. The van der Waals surface area contributed by atoms with Crippen molar-refractivity contribution in [2.45, 2.75) is 11.8 Å². The Kier molecular flexibility index (Phi) is 2.95. The summed E-state index contributed by atoms with van der Waals surface area (Å²) in [5.41, 5.74) is 6.59. The number of hydrogen-bond donors (Lipinski definition) is 2. The molecule has 2 rings (SSSR count). The standard InChI is InChI=1S/C11H13Cl2NO/c12-9-3-1-2-8(10(9)13)11(6-14)4-7(11)5-15/h1-3,7,15H,4-6,14H2/t7-,11-/m1/s1. The Morgan fingerprint density at radius 3 is 2.73 bits per heavy atom. The van der Waals surface area contributed by atoms with Crippen LogP contribution in [0.5, 0.6) is 0 Å². The minimum atomic E-state index is -0.156. The topological polar surface area (TPSA) is 46.2 Å². The zero-order valence-electron chi connectivity index (χ0n) is 8.21. The molecule has 2 nitrogen and oxygen atoms in total. The number of aliphatic hydroxyl groups is 1. The largest absolute Gasteiger partial charge is 0.396 e. The van der Waals surface area contributed by atoms with Gasteiger partial charge in [-0.3, -0.25) is 0 Å². The average Bonchev–Trinajstić information content (AvgIpc) is 2.97. The van der Waals surface area contributed by atoms with Crippen molar-refractivity contribution in [2.24, 2.45) is 11.7 Å². The molecule has 1 aromatic rings. The Morgan fingerprint density at radius 1 is 1.47 bits per heavy atom. The van der Waals surface area contributed by atoms with Crippen molar-refractivity contribution in [1.29, 1.82) is 0 Å². The zero-order valence-corrected chi connectivity index (χ0v) is 9.72. The van der Waals surface area contributed by atoms with Crippen molar-refractivity contribution in [3.05, 3.63) is 33.8 Å². The summed E-state index contributed by atoms with van der Waals surface area (Å²) in [4.78, 5) is 0. The van der Waals surface area contributed by atoms with Crippen LogP contribution in [0.3, 0.4) is 0 Å². The molecule has 0 aromatic heterocycles. The van der Waals surface area contributed by atoms with Crippen LogP contribution in [0.4, 0.5) is 0 Å². The van der Waals surface area contributed by atoms with Crippen molar-refractivity contribution in [3.8, 4) is 0 Å². The summed E-state index contributed by atoms with van der Waals surface area (Å²) < 4.78 is 0. The van der Waals surface area contributed by atoms with Gasteiger partial charge >= 0.3 is 0 Å². The van der Waals surface area contributed by atoms with Gasteiger partial charge in [0.05, 0.1) is 10.0 Å². The molecule has 3 N–H and O–H groups in total. The van der Waals surface area contributed by atoms with Crippen LogP contribution in [-0.4, -0.2) is 18.3 Å². The van der Waals surface area contributed by atoms with Crippen molar-refractivity contribution in [2.75, 3.05) is 13.2 Å². The molecule has 1 fully saturated rings. The Hall–Kier alpha value is -0.280. The molecule has 0 aliphatic heterocycles. The fourth-order valence-corrected chi connectivity index (χ4v) is 2.69. The normalized spacial score (nSPS) is 29.2. The van der Waals surface area contributed by atoms with E-state index in [0.717, 1.165) is 12.0 Å². The molecule has 0 bridgehead atoms. The number of benzene rings is 1. The fourth-order valence-electron chi connectivity index (χ4n) is 2.20. The third kappa shape index (κ3) is 1.66. The first-order valence-electron chi connectivity index (χ1n) is 4.91. The van der Waals surface area contributed by atoms with E-state index < -0.39 is 0 Å². The maximum atomic E-state index is 9.16. The highest BCUT2D eigenvalue weighted by Crippen LogP contribution is 2.55. The van der Waals surface area contributed by atoms with Crippen LogP contribution in [0.25, 0.3) is 0 Å². The van der Waals surface area contributed by atoms with Crippen molar-refractivity contribution >= 4 is 23.2 Å². The van der Waals surface area contributed by atoms with E-state index in [-0.39, 0.29) is 17.9 Å². The first-order valence-corrected chi connectivity index (χ1v) is 5.66. The molecule has 0 saturated heterocycles. The summed E-state index contributed by atoms with van der Waals surface area (Å²) in [6.45, 7) is 0.651. The maximum Gasteiger partial charge on any atom is 0.0630 e. The Morgan fingerprint density at radius 2 is 2.20 bits per heavy atom. The molecule has 1 aromatic carbocycles. The van der Waals surface area contributed by atoms with Crippen LogP contribution in [0.2, 0.25) is 10.0 Å². The van der Waals surface area contributed by atoms with E-state index in [4.69, 9.17) is 34.0 Å². The van der Waals surface area contributed by atoms with Gasteiger partial charge in [0.15, 0.2) is 0 Å². The number of rotatable bonds is 3. The molecule has 2 atom stereocenters. The first-order chi connectivity index (χ1) is 7.15. The molecule has 15 heavy (non-hydrogen) atoms. The highest BCUT2D eigenvalue weighted by molar-refractivity contribution is 6.42. The predicted octanol–water partition coefficient (Wildman–Crippen LogP) is 2.20. The van der Waals surface area contributed by atoms with Gasteiger partial charge in [-0.05, 0) is 24.0 Å². The average molecular weight is 246 g/mol. The van der Waals surface area contributed by atoms with Gasteiger partial charge in [-0.1, -0.05) is 35.3 Å². The van der Waals surface area contributed by atoms with Crippen LogP contribution < -0.4 is 5.73 Å². The molecule has 1 aliphatic carbocycles. The van der Waals surface area contributed by atoms with Crippen molar-refractivity contribution in [3.63, 3.8) is 0 Å². The summed E-state index contributed by atoms with van der Waals surface area (Å²) in [5, 5.41) is 10.3. The second kappa shape index (κ2) is 3.95. The quantitative estimate of drug-likeness (QED) is 0.858. The summed E-state index contributed by atoms with van der Waals surface area (Å²) in [6.07, 6.45) is 0.889. The molecule has 0 amide bonds. The molecule has 82 valence electrons. The van der Waals surface area contributed by atoms with E-state index in [1.807, 2.05) is 12.1 Å². The maximum absolute atomic E-state index is 9.16. The molecular formula is C11H13Cl2NO. The minimum Gasteiger partial charge on any atom is -0.396 e. The lowest BCUT2D eigenvalue weighted by Crippen LogP contribution is -2.24. The number of hydrogen-bond acceptors (Lipinski definition) is 2. The van der Waals surface area contributed by atoms with Crippen LogP contribution in [0, 0.1) is 5.92 Å². The lowest BCUT2D eigenvalue weighted by molar-refractivity contribution is 0.264. The van der Waals surface area contributed by atoms with Crippen molar-refractivity contribution < 1.29 is 5.11 Å². The van der Waals surface area contributed by atoms with Crippen LogP contribution in [0.1, 0.15) is 12.0 Å². The smallest absolute Gasteiger partial charge is 0.0630 e. The van der Waals surface area contributed by atoms with Crippen LogP contribution in [0.15, 0.2) is 18.2 Å². The van der Waals surface area contributed by atoms with Gasteiger partial charge in [0.1, 0.15) is 0 Å². The molecule has 4 heteroatoms. The second-order valence-corrected chi connectivity index (χ2v) is 4.83. The summed E-state index contributed by atoms with van der Waals surface area (Å²) in [5.74, 6) is 0.221. The second-order valence-electron chi connectivity index (χ2n) is 4.05. The molecule has 1 aliphatic rings. The lowest BCUT2D eigenvalue weighted by atomic mass is 9.93. The van der Waals surface area contributed by atoms with Gasteiger partial charge in [0.2, 0.25) is 0 Å². The highest BCUT2D eigenvalue weighted by Gasteiger charge is 2.54. The van der Waals surface area contributed by atoms with Gasteiger partial charge in [-0.25, -0.2) is 0 Å². The molecular weight excluding hydrogens is 233 g/mol. The van der Waals surface area contributed by atoms with E-state index in [1.54, 1.807) is 6.07 Å². The van der Waals surface area contributed by atoms with E-state index in [9.17, 15) is 0 Å². The van der Waals surface area contributed by atoms with Gasteiger partial charge in [-0.2, -0.15) is 0 Å². The summed E-state index contributed by atoms with van der Waals surface area (Å²) in [7, 11) is 0.